The third-order valence-corrected chi connectivity index (χ3v) is 4.59. The molecule has 21 heavy (non-hydrogen) atoms. The van der Waals surface area contributed by atoms with E-state index in [-0.39, 0.29) is 0 Å². The standard InChI is InChI=1S/C18H14N2S/c1-2-7-15-13(4-1)5-3-6-14(15)12-20-18-16-9-11-21-17(16)8-10-19-18/h1-11H,12H2,(H,19,20). The lowest BCUT2D eigenvalue weighted by atomic mass is 10.0. The topological polar surface area (TPSA) is 24.9 Å². The molecule has 2 aromatic carbocycles. The minimum atomic E-state index is 0.781. The molecule has 0 amide bonds. The van der Waals surface area contributed by atoms with E-state index in [0.717, 1.165) is 12.4 Å². The molecule has 4 rings (SSSR count). The third kappa shape index (κ3) is 2.26. The van der Waals surface area contributed by atoms with Crippen LogP contribution in [0.3, 0.4) is 0 Å². The summed E-state index contributed by atoms with van der Waals surface area (Å²) in [5, 5.41) is 9.35. The molecule has 0 bridgehead atoms. The first kappa shape index (κ1) is 12.4. The maximum Gasteiger partial charge on any atom is 0.134 e. The van der Waals surface area contributed by atoms with Crippen molar-refractivity contribution in [2.24, 2.45) is 0 Å². The summed E-state index contributed by atoms with van der Waals surface area (Å²) in [7, 11) is 0. The van der Waals surface area contributed by atoms with Crippen LogP contribution in [0.4, 0.5) is 5.82 Å². The van der Waals surface area contributed by atoms with Crippen molar-refractivity contribution in [3.05, 3.63) is 71.7 Å². The second-order valence-electron chi connectivity index (χ2n) is 4.98. The van der Waals surface area contributed by atoms with Gasteiger partial charge in [-0.3, -0.25) is 0 Å². The van der Waals surface area contributed by atoms with E-state index in [4.69, 9.17) is 0 Å². The predicted octanol–water partition coefficient (Wildman–Crippen LogP) is 5.06. The van der Waals surface area contributed by atoms with Gasteiger partial charge in [-0.1, -0.05) is 42.5 Å². The molecule has 0 aliphatic carbocycles. The first-order chi connectivity index (χ1) is 10.4. The SMILES string of the molecule is c1ccc2c(CNc3nccc4sccc34)cccc2c1. The van der Waals surface area contributed by atoms with Gasteiger partial charge < -0.3 is 5.32 Å². The summed E-state index contributed by atoms with van der Waals surface area (Å²) in [6, 6.07) is 19.1. The number of nitrogens with one attached hydrogen (secondary N) is 1. The van der Waals surface area contributed by atoms with Crippen LogP contribution in [0.15, 0.2) is 66.2 Å². The first-order valence-corrected chi connectivity index (χ1v) is 7.82. The highest BCUT2D eigenvalue weighted by Crippen LogP contribution is 2.26. The van der Waals surface area contributed by atoms with Crippen LogP contribution in [0.2, 0.25) is 0 Å². The van der Waals surface area contributed by atoms with Crippen LogP contribution >= 0.6 is 11.3 Å². The molecule has 0 saturated carbocycles. The second-order valence-corrected chi connectivity index (χ2v) is 5.93. The number of aromatic nitrogens is 1. The average molecular weight is 290 g/mol. The van der Waals surface area contributed by atoms with Gasteiger partial charge in [0.1, 0.15) is 5.82 Å². The van der Waals surface area contributed by atoms with Gasteiger partial charge in [0, 0.05) is 22.8 Å². The average Bonchev–Trinajstić information content (AvgIpc) is 3.02. The molecule has 0 saturated heterocycles. The van der Waals surface area contributed by atoms with Crippen molar-refractivity contribution in [1.82, 2.24) is 4.98 Å². The van der Waals surface area contributed by atoms with Gasteiger partial charge >= 0.3 is 0 Å². The third-order valence-electron chi connectivity index (χ3n) is 3.71. The zero-order chi connectivity index (χ0) is 14.1. The van der Waals surface area contributed by atoms with E-state index in [0.29, 0.717) is 0 Å². The van der Waals surface area contributed by atoms with Crippen molar-refractivity contribution in [2.45, 2.75) is 6.54 Å². The van der Waals surface area contributed by atoms with Gasteiger partial charge in [-0.15, -0.1) is 11.3 Å². The molecular weight excluding hydrogens is 276 g/mol. The lowest BCUT2D eigenvalue weighted by molar-refractivity contribution is 1.14. The number of nitrogens with zero attached hydrogens (tertiary/aromatic N) is 1. The van der Waals surface area contributed by atoms with E-state index in [2.05, 4.69) is 70.3 Å². The molecule has 0 aliphatic rings. The second kappa shape index (κ2) is 5.19. The van der Waals surface area contributed by atoms with Crippen LogP contribution in [0.5, 0.6) is 0 Å². The zero-order valence-electron chi connectivity index (χ0n) is 11.4. The van der Waals surface area contributed by atoms with E-state index in [9.17, 15) is 0 Å². The van der Waals surface area contributed by atoms with Crippen LogP contribution in [-0.4, -0.2) is 4.98 Å². The Bertz CT molecular complexity index is 906. The molecule has 0 fully saturated rings. The number of hydrogen-bond donors (Lipinski definition) is 1. The summed E-state index contributed by atoms with van der Waals surface area (Å²) in [5.74, 6) is 0.960. The number of fused-ring (bicyclic) bond motifs is 2. The molecule has 2 nitrogen and oxygen atoms in total. The van der Waals surface area contributed by atoms with Crippen LogP contribution in [0.1, 0.15) is 5.56 Å². The van der Waals surface area contributed by atoms with Crippen molar-refractivity contribution < 1.29 is 0 Å². The van der Waals surface area contributed by atoms with Gasteiger partial charge in [-0.25, -0.2) is 4.98 Å². The number of benzene rings is 2. The van der Waals surface area contributed by atoms with Crippen molar-refractivity contribution >= 4 is 38.0 Å². The van der Waals surface area contributed by atoms with Gasteiger partial charge in [0.05, 0.1) is 0 Å². The van der Waals surface area contributed by atoms with Gasteiger partial charge in [0.15, 0.2) is 0 Å². The van der Waals surface area contributed by atoms with Gasteiger partial charge in [0.2, 0.25) is 0 Å². The van der Waals surface area contributed by atoms with E-state index in [1.54, 1.807) is 11.3 Å². The van der Waals surface area contributed by atoms with E-state index in [1.165, 1.54) is 26.4 Å². The van der Waals surface area contributed by atoms with Gasteiger partial charge in [-0.05, 0) is 33.8 Å². The fraction of sp³-hybridized carbons (Fsp3) is 0.0556. The van der Waals surface area contributed by atoms with Crippen LogP contribution in [0, 0.1) is 0 Å². The Morgan fingerprint density at radius 2 is 1.81 bits per heavy atom. The smallest absolute Gasteiger partial charge is 0.134 e. The molecule has 0 spiro atoms. The number of anilines is 1. The van der Waals surface area contributed by atoms with Crippen molar-refractivity contribution in [3.63, 3.8) is 0 Å². The first-order valence-electron chi connectivity index (χ1n) is 6.94. The summed E-state index contributed by atoms with van der Waals surface area (Å²) < 4.78 is 1.27. The molecule has 4 aromatic rings. The summed E-state index contributed by atoms with van der Waals surface area (Å²) in [6.07, 6.45) is 1.87. The Labute approximate surface area is 127 Å². The van der Waals surface area contributed by atoms with Gasteiger partial charge in [0.25, 0.3) is 0 Å². The van der Waals surface area contributed by atoms with Crippen molar-refractivity contribution in [1.29, 1.82) is 0 Å². The summed E-state index contributed by atoms with van der Waals surface area (Å²) in [6.45, 7) is 0.781. The van der Waals surface area contributed by atoms with Crippen molar-refractivity contribution in [2.75, 3.05) is 5.32 Å². The maximum atomic E-state index is 4.47. The van der Waals surface area contributed by atoms with E-state index < -0.39 is 0 Å². The number of pyridine rings is 1. The van der Waals surface area contributed by atoms with E-state index in [1.807, 2.05) is 6.20 Å². The Morgan fingerprint density at radius 3 is 2.81 bits per heavy atom. The molecule has 0 atom stereocenters. The largest absolute Gasteiger partial charge is 0.365 e. The normalized spacial score (nSPS) is 11.0. The minimum absolute atomic E-state index is 0.781. The molecule has 0 aliphatic heterocycles. The summed E-state index contributed by atoms with van der Waals surface area (Å²) in [5.41, 5.74) is 1.29. The number of hydrogen-bond acceptors (Lipinski definition) is 3. The highest BCUT2D eigenvalue weighted by molar-refractivity contribution is 7.17. The molecular formula is C18H14N2S. The molecule has 2 heterocycles. The molecule has 0 radical (unpaired) electrons. The molecule has 1 N–H and O–H groups in total. The van der Waals surface area contributed by atoms with Crippen LogP contribution in [-0.2, 0) is 6.54 Å². The van der Waals surface area contributed by atoms with Gasteiger partial charge in [-0.2, -0.15) is 0 Å². The highest BCUT2D eigenvalue weighted by atomic mass is 32.1. The summed E-state index contributed by atoms with van der Waals surface area (Å²) >= 11 is 1.75. The minimum Gasteiger partial charge on any atom is -0.365 e. The van der Waals surface area contributed by atoms with E-state index >= 15 is 0 Å². The molecule has 0 unspecified atom stereocenters. The fourth-order valence-electron chi connectivity index (χ4n) is 2.66. The summed E-state index contributed by atoms with van der Waals surface area (Å²) in [4.78, 5) is 4.47. The number of thiophene rings is 1. The Balaban J connectivity index is 1.68. The number of rotatable bonds is 3. The van der Waals surface area contributed by atoms with Crippen molar-refractivity contribution in [3.8, 4) is 0 Å². The highest BCUT2D eigenvalue weighted by Gasteiger charge is 2.04. The Kier molecular flexibility index (Phi) is 3.05. The van der Waals surface area contributed by atoms with Crippen LogP contribution < -0.4 is 5.32 Å². The lowest BCUT2D eigenvalue weighted by Crippen LogP contribution is -2.01. The monoisotopic (exact) mass is 290 g/mol. The fourth-order valence-corrected chi connectivity index (χ4v) is 3.44. The zero-order valence-corrected chi connectivity index (χ0v) is 12.2. The Hall–Kier alpha value is -2.39. The Morgan fingerprint density at radius 1 is 0.905 bits per heavy atom. The molecule has 3 heteroatoms. The lowest BCUT2D eigenvalue weighted by Gasteiger charge is -2.09. The quantitative estimate of drug-likeness (QED) is 0.570. The van der Waals surface area contributed by atoms with Crippen LogP contribution in [0.25, 0.3) is 20.9 Å². The molecule has 102 valence electrons. The maximum absolute atomic E-state index is 4.47. The predicted molar refractivity (Wildman–Crippen MR) is 90.9 cm³/mol. The molecule has 2 aromatic heterocycles.